The molecule has 0 aliphatic carbocycles. The van der Waals surface area contributed by atoms with Gasteiger partial charge in [0.05, 0.1) is 12.5 Å². The zero-order valence-corrected chi connectivity index (χ0v) is 12.4. The summed E-state index contributed by atoms with van der Waals surface area (Å²) in [7, 11) is 1.44. The predicted molar refractivity (Wildman–Crippen MR) is 84.1 cm³/mol. The average molecular weight is 326 g/mol. The first-order valence-electron chi connectivity index (χ1n) is 7.15. The molecule has 0 atom stereocenters. The molecule has 3 heterocycles. The van der Waals surface area contributed by atoms with Crippen molar-refractivity contribution < 1.29 is 28.2 Å². The Kier molecular flexibility index (Phi) is 2.38. The monoisotopic (exact) mass is 326 g/mol. The Hall–Kier alpha value is -3.35. The van der Waals surface area contributed by atoms with E-state index in [9.17, 15) is 9.90 Å². The van der Waals surface area contributed by atoms with Crippen LogP contribution in [-0.2, 0) is 0 Å². The zero-order valence-electron chi connectivity index (χ0n) is 12.4. The molecule has 0 amide bonds. The van der Waals surface area contributed by atoms with Crippen LogP contribution in [0.15, 0.2) is 37.9 Å². The number of methoxy groups -OCH3 is 1. The normalized spacial score (nSPS) is 13.2. The van der Waals surface area contributed by atoms with Crippen LogP contribution in [-0.4, -0.2) is 19.0 Å². The molecule has 120 valence electrons. The molecule has 0 bridgehead atoms. The Bertz CT molecular complexity index is 1200. The number of phenolic OH excluding ortho intramolecular Hbond substituents is 1. The van der Waals surface area contributed by atoms with Crippen LogP contribution in [0.25, 0.3) is 32.9 Å². The molecule has 0 spiro atoms. The van der Waals surface area contributed by atoms with Gasteiger partial charge in [-0.1, -0.05) is 0 Å². The molecular formula is C17H10O7. The Morgan fingerprint density at radius 2 is 1.75 bits per heavy atom. The van der Waals surface area contributed by atoms with Gasteiger partial charge in [0, 0.05) is 17.5 Å². The largest absolute Gasteiger partial charge is 0.504 e. The van der Waals surface area contributed by atoms with E-state index >= 15 is 0 Å². The summed E-state index contributed by atoms with van der Waals surface area (Å²) in [5.74, 6) is 1.25. The number of hydrogen-bond donors (Lipinski definition) is 1. The van der Waals surface area contributed by atoms with E-state index in [2.05, 4.69) is 0 Å². The number of rotatable bonds is 1. The molecular weight excluding hydrogens is 316 g/mol. The Balaban J connectivity index is 1.98. The Morgan fingerprint density at radius 3 is 2.54 bits per heavy atom. The fourth-order valence-electron chi connectivity index (χ4n) is 3.00. The summed E-state index contributed by atoms with van der Waals surface area (Å²) in [5, 5.41) is 11.3. The van der Waals surface area contributed by atoms with Crippen LogP contribution in [0.5, 0.6) is 23.0 Å². The first kappa shape index (κ1) is 13.1. The Morgan fingerprint density at radius 1 is 1.00 bits per heavy atom. The molecule has 5 rings (SSSR count). The van der Waals surface area contributed by atoms with Crippen LogP contribution in [0.2, 0.25) is 0 Å². The van der Waals surface area contributed by atoms with Gasteiger partial charge in [0.1, 0.15) is 16.6 Å². The summed E-state index contributed by atoms with van der Waals surface area (Å²) >= 11 is 0. The third-order valence-corrected chi connectivity index (χ3v) is 4.12. The SMILES string of the molecule is COc1cc2c(cc1O)oc(=O)c1c3cc4c(cc3oc21)OCO4. The highest BCUT2D eigenvalue weighted by Crippen LogP contribution is 2.42. The maximum atomic E-state index is 12.4. The van der Waals surface area contributed by atoms with E-state index in [0.29, 0.717) is 38.8 Å². The van der Waals surface area contributed by atoms with Gasteiger partial charge in [0.25, 0.3) is 0 Å². The second-order valence-electron chi connectivity index (χ2n) is 5.42. The lowest BCUT2D eigenvalue weighted by molar-refractivity contribution is 0.174. The standard InChI is InChI=1S/C17H10O7/c1-20-12-3-8-10(4-9(12)18)24-17(19)15-7-2-13-14(22-6-21-13)5-11(7)23-16(8)15/h2-5,18H,6H2,1H3. The molecule has 0 fully saturated rings. The number of fused-ring (bicyclic) bond motifs is 6. The second kappa shape index (κ2) is 4.35. The molecule has 0 saturated heterocycles. The summed E-state index contributed by atoms with van der Waals surface area (Å²) in [6.45, 7) is 0.133. The van der Waals surface area contributed by atoms with Gasteiger partial charge in [-0.15, -0.1) is 0 Å². The van der Waals surface area contributed by atoms with Gasteiger partial charge in [-0.05, 0) is 12.1 Å². The molecule has 4 aromatic rings. The van der Waals surface area contributed by atoms with Gasteiger partial charge in [-0.25, -0.2) is 4.79 Å². The van der Waals surface area contributed by atoms with Gasteiger partial charge in [-0.2, -0.15) is 0 Å². The third-order valence-electron chi connectivity index (χ3n) is 4.12. The van der Waals surface area contributed by atoms with Crippen molar-refractivity contribution in [3.05, 3.63) is 34.7 Å². The zero-order chi connectivity index (χ0) is 16.4. The number of phenols is 1. The van der Waals surface area contributed by atoms with Crippen LogP contribution in [0.1, 0.15) is 0 Å². The van der Waals surface area contributed by atoms with E-state index < -0.39 is 5.63 Å². The molecule has 7 heteroatoms. The minimum absolute atomic E-state index is 0.121. The van der Waals surface area contributed by atoms with Gasteiger partial charge < -0.3 is 28.2 Å². The van der Waals surface area contributed by atoms with Crippen molar-refractivity contribution in [2.75, 3.05) is 13.9 Å². The van der Waals surface area contributed by atoms with Crippen molar-refractivity contribution in [2.24, 2.45) is 0 Å². The van der Waals surface area contributed by atoms with E-state index in [-0.39, 0.29) is 23.9 Å². The molecule has 1 N–H and O–H groups in total. The highest BCUT2D eigenvalue weighted by molar-refractivity contribution is 6.13. The predicted octanol–water partition coefficient (Wildman–Crippen LogP) is 3.14. The highest BCUT2D eigenvalue weighted by atomic mass is 16.7. The summed E-state index contributed by atoms with van der Waals surface area (Å²) in [4.78, 5) is 12.4. The van der Waals surface area contributed by atoms with Crippen molar-refractivity contribution in [3.63, 3.8) is 0 Å². The number of hydrogen-bond acceptors (Lipinski definition) is 7. The number of ether oxygens (including phenoxy) is 3. The molecule has 7 nitrogen and oxygen atoms in total. The van der Waals surface area contributed by atoms with Gasteiger partial charge >= 0.3 is 5.63 Å². The van der Waals surface area contributed by atoms with Crippen LogP contribution in [0, 0.1) is 0 Å². The molecule has 2 aromatic heterocycles. The van der Waals surface area contributed by atoms with Crippen molar-refractivity contribution in [1.82, 2.24) is 0 Å². The highest BCUT2D eigenvalue weighted by Gasteiger charge is 2.22. The van der Waals surface area contributed by atoms with E-state index in [1.54, 1.807) is 18.2 Å². The van der Waals surface area contributed by atoms with Crippen molar-refractivity contribution >= 4 is 32.9 Å². The van der Waals surface area contributed by atoms with Gasteiger partial charge in [0.2, 0.25) is 6.79 Å². The number of benzene rings is 2. The lowest BCUT2D eigenvalue weighted by Crippen LogP contribution is -1.98. The summed E-state index contributed by atoms with van der Waals surface area (Å²) in [6, 6.07) is 6.28. The van der Waals surface area contributed by atoms with Crippen molar-refractivity contribution in [1.29, 1.82) is 0 Å². The maximum Gasteiger partial charge on any atom is 0.348 e. The topological polar surface area (TPSA) is 91.3 Å². The summed E-state index contributed by atoms with van der Waals surface area (Å²) in [5.41, 5.74) is 0.504. The third kappa shape index (κ3) is 1.58. The molecule has 0 radical (unpaired) electrons. The first-order chi connectivity index (χ1) is 11.7. The van der Waals surface area contributed by atoms with Gasteiger partial charge in [0.15, 0.2) is 28.6 Å². The molecule has 0 unspecified atom stereocenters. The Labute approximate surface area is 133 Å². The maximum absolute atomic E-state index is 12.4. The number of aromatic hydroxyl groups is 1. The smallest absolute Gasteiger partial charge is 0.348 e. The van der Waals surface area contributed by atoms with Crippen molar-refractivity contribution in [3.8, 4) is 23.0 Å². The lowest BCUT2D eigenvalue weighted by atomic mass is 10.1. The minimum Gasteiger partial charge on any atom is -0.504 e. The van der Waals surface area contributed by atoms with E-state index in [1.165, 1.54) is 13.2 Å². The molecule has 1 aliphatic heterocycles. The lowest BCUT2D eigenvalue weighted by Gasteiger charge is -2.04. The second-order valence-corrected chi connectivity index (χ2v) is 5.42. The quantitative estimate of drug-likeness (QED) is 0.537. The van der Waals surface area contributed by atoms with E-state index in [4.69, 9.17) is 23.0 Å². The molecule has 2 aromatic carbocycles. The van der Waals surface area contributed by atoms with Crippen LogP contribution < -0.4 is 19.8 Å². The van der Waals surface area contributed by atoms with Gasteiger partial charge in [-0.3, -0.25) is 0 Å². The summed E-state index contributed by atoms with van der Waals surface area (Å²) in [6.07, 6.45) is 0. The fourth-order valence-corrected chi connectivity index (χ4v) is 3.00. The fraction of sp³-hybridized carbons (Fsp3) is 0.118. The minimum atomic E-state index is -0.556. The summed E-state index contributed by atoms with van der Waals surface area (Å²) < 4.78 is 27.0. The first-order valence-corrected chi connectivity index (χ1v) is 7.15. The molecule has 1 aliphatic rings. The molecule has 0 saturated carbocycles. The van der Waals surface area contributed by atoms with Crippen LogP contribution >= 0.6 is 0 Å². The van der Waals surface area contributed by atoms with Crippen LogP contribution in [0.4, 0.5) is 0 Å². The van der Waals surface area contributed by atoms with E-state index in [1.807, 2.05) is 0 Å². The van der Waals surface area contributed by atoms with E-state index in [0.717, 1.165) is 0 Å². The van der Waals surface area contributed by atoms with Crippen molar-refractivity contribution in [2.45, 2.75) is 0 Å². The molecule has 24 heavy (non-hydrogen) atoms. The number of furan rings is 1. The average Bonchev–Trinajstić information content (AvgIpc) is 3.15. The van der Waals surface area contributed by atoms with Crippen LogP contribution in [0.3, 0.4) is 0 Å².